The maximum absolute atomic E-state index is 14.2. The minimum atomic E-state index is -3.79. The third-order valence-corrected chi connectivity index (χ3v) is 9.16. The van der Waals surface area contributed by atoms with E-state index in [0.29, 0.717) is 12.1 Å². The van der Waals surface area contributed by atoms with Crippen LogP contribution in [0.1, 0.15) is 48.8 Å². The van der Waals surface area contributed by atoms with Gasteiger partial charge in [0.1, 0.15) is 12.6 Å². The zero-order valence-corrected chi connectivity index (χ0v) is 26.0. The number of hydrogen-bond acceptors (Lipinski definition) is 4. The van der Waals surface area contributed by atoms with E-state index < -0.39 is 28.5 Å². The zero-order valence-electron chi connectivity index (χ0n) is 23.6. The number of aryl methyl sites for hydroxylation is 1. The molecule has 0 bridgehead atoms. The molecule has 0 aromatic heterocycles. The fourth-order valence-electron chi connectivity index (χ4n) is 5.21. The molecule has 1 fully saturated rings. The third kappa shape index (κ3) is 8.91. The molecule has 1 aliphatic rings. The van der Waals surface area contributed by atoms with Crippen molar-refractivity contribution in [1.29, 1.82) is 0 Å². The van der Waals surface area contributed by atoms with Gasteiger partial charge in [-0.3, -0.25) is 13.9 Å². The van der Waals surface area contributed by atoms with Crippen molar-refractivity contribution in [3.8, 4) is 0 Å². The van der Waals surface area contributed by atoms with Crippen LogP contribution < -0.4 is 9.62 Å². The van der Waals surface area contributed by atoms with Gasteiger partial charge in [0.05, 0.1) is 11.9 Å². The molecule has 0 saturated heterocycles. The fraction of sp³-hybridized carbons (Fsp3) is 0.375. The number of carbonyl (C=O) groups excluding carboxylic acids is 2. The second-order valence-corrected chi connectivity index (χ2v) is 13.6. The Morgan fingerprint density at radius 2 is 1.54 bits per heavy atom. The Bertz CT molecular complexity index is 1410. The Morgan fingerprint density at radius 1 is 0.902 bits per heavy atom. The molecule has 1 unspecified atom stereocenters. The monoisotopic (exact) mass is 639 g/mol. The third-order valence-electron chi connectivity index (χ3n) is 7.49. The minimum absolute atomic E-state index is 0.0687. The fourth-order valence-corrected chi connectivity index (χ4v) is 6.32. The first-order valence-electron chi connectivity index (χ1n) is 14.0. The van der Waals surface area contributed by atoms with E-state index >= 15 is 0 Å². The summed E-state index contributed by atoms with van der Waals surface area (Å²) in [5.41, 5.74) is 3.14. The summed E-state index contributed by atoms with van der Waals surface area (Å²) in [6.45, 7) is 1.66. The Balaban J connectivity index is 1.71. The van der Waals surface area contributed by atoms with Gasteiger partial charge in [-0.25, -0.2) is 8.42 Å². The predicted molar refractivity (Wildman–Crippen MR) is 167 cm³/mol. The minimum Gasteiger partial charge on any atom is -0.352 e. The van der Waals surface area contributed by atoms with Crippen molar-refractivity contribution in [2.45, 2.75) is 64.1 Å². The molecular formula is C32H38BrN3O4S. The van der Waals surface area contributed by atoms with Crippen LogP contribution in [-0.2, 0) is 32.6 Å². The van der Waals surface area contributed by atoms with Crippen molar-refractivity contribution in [3.05, 3.63) is 100 Å². The van der Waals surface area contributed by atoms with Crippen LogP contribution in [0.4, 0.5) is 5.69 Å². The number of carbonyl (C=O) groups is 2. The van der Waals surface area contributed by atoms with Gasteiger partial charge in [-0.2, -0.15) is 0 Å². The largest absolute Gasteiger partial charge is 0.352 e. The van der Waals surface area contributed by atoms with Crippen molar-refractivity contribution in [2.24, 2.45) is 0 Å². The van der Waals surface area contributed by atoms with Crippen LogP contribution in [0.15, 0.2) is 83.3 Å². The summed E-state index contributed by atoms with van der Waals surface area (Å²) in [6.07, 6.45) is 6.53. The van der Waals surface area contributed by atoms with E-state index in [-0.39, 0.29) is 18.5 Å². The van der Waals surface area contributed by atoms with Crippen LogP contribution in [0.5, 0.6) is 0 Å². The average molecular weight is 641 g/mol. The lowest BCUT2D eigenvalue weighted by molar-refractivity contribution is -0.140. The molecule has 2 amide bonds. The van der Waals surface area contributed by atoms with E-state index in [1.165, 1.54) is 0 Å². The quantitative estimate of drug-likeness (QED) is 0.295. The predicted octanol–water partition coefficient (Wildman–Crippen LogP) is 5.61. The van der Waals surface area contributed by atoms with E-state index in [9.17, 15) is 18.0 Å². The van der Waals surface area contributed by atoms with E-state index in [1.54, 1.807) is 17.0 Å². The van der Waals surface area contributed by atoms with Gasteiger partial charge in [0, 0.05) is 23.5 Å². The van der Waals surface area contributed by atoms with Crippen molar-refractivity contribution in [3.63, 3.8) is 0 Å². The van der Waals surface area contributed by atoms with Gasteiger partial charge in [0.15, 0.2) is 0 Å². The lowest BCUT2D eigenvalue weighted by atomic mass is 9.94. The van der Waals surface area contributed by atoms with Gasteiger partial charge in [0.2, 0.25) is 21.8 Å². The first-order valence-corrected chi connectivity index (χ1v) is 16.7. The van der Waals surface area contributed by atoms with E-state index in [0.717, 1.165) is 63.8 Å². The summed E-state index contributed by atoms with van der Waals surface area (Å²) in [4.78, 5) is 29.7. The molecular weight excluding hydrogens is 602 g/mol. The molecule has 1 aliphatic carbocycles. The van der Waals surface area contributed by atoms with Crippen molar-refractivity contribution in [1.82, 2.24) is 10.2 Å². The maximum atomic E-state index is 14.2. The summed E-state index contributed by atoms with van der Waals surface area (Å²) in [6, 6.07) is 23.5. The molecule has 7 nitrogen and oxygen atoms in total. The van der Waals surface area contributed by atoms with Crippen molar-refractivity contribution < 1.29 is 18.0 Å². The molecule has 9 heteroatoms. The number of nitrogens with one attached hydrogen (secondary N) is 1. The Hall–Kier alpha value is -3.17. The molecule has 0 spiro atoms. The second-order valence-electron chi connectivity index (χ2n) is 10.8. The molecule has 1 N–H and O–H groups in total. The van der Waals surface area contributed by atoms with Gasteiger partial charge >= 0.3 is 0 Å². The molecule has 4 rings (SSSR count). The first-order chi connectivity index (χ1) is 19.6. The van der Waals surface area contributed by atoms with Gasteiger partial charge < -0.3 is 10.2 Å². The number of rotatable bonds is 11. The molecule has 218 valence electrons. The highest BCUT2D eigenvalue weighted by Crippen LogP contribution is 2.23. The molecule has 0 radical (unpaired) electrons. The number of halogens is 1. The number of amides is 2. The number of anilines is 1. The molecule has 1 saturated carbocycles. The Labute approximate surface area is 252 Å². The number of hydrogen-bond donors (Lipinski definition) is 1. The molecule has 41 heavy (non-hydrogen) atoms. The summed E-state index contributed by atoms with van der Waals surface area (Å²) >= 11 is 3.46. The van der Waals surface area contributed by atoms with Crippen LogP contribution in [-0.4, -0.2) is 50.0 Å². The lowest BCUT2D eigenvalue weighted by Crippen LogP contribution is -2.55. The standard InChI is InChI=1S/C32H38BrN3O4S/c1-24-13-19-29(20-14-24)36(41(2,39)40)23-31(37)35(22-26-15-17-27(33)18-16-26)30(21-25-9-5-3-6-10-25)32(38)34-28-11-7-4-8-12-28/h3,5-6,9-10,13-20,28,30H,4,7-8,11-12,21-23H2,1-2H3,(H,34,38). The van der Waals surface area contributed by atoms with Gasteiger partial charge in [-0.15, -0.1) is 0 Å². The molecule has 3 aromatic carbocycles. The SMILES string of the molecule is Cc1ccc(N(CC(=O)N(Cc2ccc(Br)cc2)C(Cc2ccccc2)C(=O)NC2CCCCC2)S(C)(=O)=O)cc1. The maximum Gasteiger partial charge on any atom is 0.244 e. The van der Waals surface area contributed by atoms with Gasteiger partial charge in [0.25, 0.3) is 0 Å². The van der Waals surface area contributed by atoms with Gasteiger partial charge in [-0.1, -0.05) is 95.4 Å². The van der Waals surface area contributed by atoms with Crippen LogP contribution in [0.2, 0.25) is 0 Å². The summed E-state index contributed by atoms with van der Waals surface area (Å²) in [5, 5.41) is 3.22. The number of nitrogens with zero attached hydrogens (tertiary/aromatic N) is 2. The number of benzene rings is 3. The van der Waals surface area contributed by atoms with Crippen molar-refractivity contribution in [2.75, 3.05) is 17.1 Å². The lowest BCUT2D eigenvalue weighted by Gasteiger charge is -2.35. The smallest absolute Gasteiger partial charge is 0.244 e. The summed E-state index contributed by atoms with van der Waals surface area (Å²) < 4.78 is 27.8. The van der Waals surface area contributed by atoms with Crippen LogP contribution in [0.3, 0.4) is 0 Å². The van der Waals surface area contributed by atoms with Crippen LogP contribution >= 0.6 is 15.9 Å². The zero-order chi connectivity index (χ0) is 29.4. The Morgan fingerprint density at radius 3 is 2.15 bits per heavy atom. The van der Waals surface area contributed by atoms with E-state index in [2.05, 4.69) is 21.2 Å². The topological polar surface area (TPSA) is 86.8 Å². The highest BCUT2D eigenvalue weighted by atomic mass is 79.9. The first kappa shape index (κ1) is 30.8. The Kier molecular flexibility index (Phi) is 10.6. The normalized spacial score (nSPS) is 14.7. The molecule has 1 atom stereocenters. The average Bonchev–Trinajstić information content (AvgIpc) is 2.95. The van der Waals surface area contributed by atoms with Crippen LogP contribution in [0.25, 0.3) is 0 Å². The van der Waals surface area contributed by atoms with Gasteiger partial charge in [-0.05, 0) is 55.2 Å². The van der Waals surface area contributed by atoms with E-state index in [4.69, 9.17) is 0 Å². The second kappa shape index (κ2) is 14.1. The summed E-state index contributed by atoms with van der Waals surface area (Å²) in [5.74, 6) is -0.661. The van der Waals surface area contributed by atoms with E-state index in [1.807, 2.05) is 73.7 Å². The summed E-state index contributed by atoms with van der Waals surface area (Å²) in [7, 11) is -3.79. The highest BCUT2D eigenvalue weighted by molar-refractivity contribution is 9.10. The van der Waals surface area contributed by atoms with Crippen molar-refractivity contribution >= 4 is 43.5 Å². The molecule has 0 aliphatic heterocycles. The van der Waals surface area contributed by atoms with Crippen LogP contribution in [0, 0.1) is 6.92 Å². The number of sulfonamides is 1. The highest BCUT2D eigenvalue weighted by Gasteiger charge is 2.34. The molecule has 0 heterocycles. The molecule has 3 aromatic rings.